The summed E-state index contributed by atoms with van der Waals surface area (Å²) in [4.78, 5) is 12.1. The van der Waals surface area contributed by atoms with Crippen LogP contribution >= 0.6 is 23.4 Å². The number of nitrogens with one attached hydrogen (secondary N) is 1. The SMILES string of the molecule is Cc1ccccc1-c1nnc(SCC(=O)Nc2cc(Cl)ccc2C#N)o1. The molecule has 0 aliphatic heterocycles. The lowest BCUT2D eigenvalue weighted by Gasteiger charge is -2.06. The highest BCUT2D eigenvalue weighted by Crippen LogP contribution is 2.26. The number of carbonyl (C=O) groups is 1. The van der Waals surface area contributed by atoms with E-state index in [0.29, 0.717) is 27.4 Å². The number of nitrogens with zero attached hydrogens (tertiary/aromatic N) is 3. The molecule has 3 aromatic rings. The van der Waals surface area contributed by atoms with Crippen LogP contribution in [0, 0.1) is 18.3 Å². The van der Waals surface area contributed by atoms with Crippen LogP contribution in [0.3, 0.4) is 0 Å². The Morgan fingerprint density at radius 1 is 1.31 bits per heavy atom. The highest BCUT2D eigenvalue weighted by atomic mass is 35.5. The van der Waals surface area contributed by atoms with Crippen molar-refractivity contribution in [2.24, 2.45) is 0 Å². The average molecular weight is 385 g/mol. The van der Waals surface area contributed by atoms with Gasteiger partial charge in [0.05, 0.1) is 17.0 Å². The molecule has 0 spiro atoms. The van der Waals surface area contributed by atoms with Gasteiger partial charge in [-0.15, -0.1) is 10.2 Å². The standard InChI is InChI=1S/C18H13ClN4O2S/c1-11-4-2-3-5-14(11)17-22-23-18(25-17)26-10-16(24)21-15-8-13(19)7-6-12(15)9-20/h2-8H,10H2,1H3,(H,21,24). The number of rotatable bonds is 5. The van der Waals surface area contributed by atoms with Crippen molar-refractivity contribution < 1.29 is 9.21 Å². The van der Waals surface area contributed by atoms with E-state index in [1.807, 2.05) is 37.3 Å². The fourth-order valence-corrected chi connectivity index (χ4v) is 2.96. The zero-order valence-electron chi connectivity index (χ0n) is 13.7. The Balaban J connectivity index is 1.63. The van der Waals surface area contributed by atoms with Crippen molar-refractivity contribution >= 4 is 35.0 Å². The van der Waals surface area contributed by atoms with Gasteiger partial charge in [0.1, 0.15) is 6.07 Å². The predicted molar refractivity (Wildman–Crippen MR) is 100.0 cm³/mol. The molecule has 0 aliphatic carbocycles. The van der Waals surface area contributed by atoms with E-state index in [0.717, 1.165) is 22.9 Å². The van der Waals surface area contributed by atoms with Crippen LogP contribution in [0.1, 0.15) is 11.1 Å². The second-order valence-corrected chi connectivity index (χ2v) is 6.69. The molecule has 1 amide bonds. The van der Waals surface area contributed by atoms with Gasteiger partial charge < -0.3 is 9.73 Å². The monoisotopic (exact) mass is 384 g/mol. The van der Waals surface area contributed by atoms with Crippen LogP contribution < -0.4 is 5.32 Å². The van der Waals surface area contributed by atoms with Crippen LogP contribution in [0.5, 0.6) is 0 Å². The van der Waals surface area contributed by atoms with Gasteiger partial charge in [-0.2, -0.15) is 5.26 Å². The van der Waals surface area contributed by atoms with E-state index in [9.17, 15) is 4.79 Å². The summed E-state index contributed by atoms with van der Waals surface area (Å²) in [7, 11) is 0. The van der Waals surface area contributed by atoms with E-state index in [1.165, 1.54) is 6.07 Å². The topological polar surface area (TPSA) is 91.8 Å². The third-order valence-electron chi connectivity index (χ3n) is 3.48. The molecular formula is C18H13ClN4O2S. The van der Waals surface area contributed by atoms with Crippen LogP contribution in [0.4, 0.5) is 5.69 Å². The van der Waals surface area contributed by atoms with Gasteiger partial charge in [0, 0.05) is 10.6 Å². The average Bonchev–Trinajstić information content (AvgIpc) is 3.09. The fourth-order valence-electron chi connectivity index (χ4n) is 2.22. The van der Waals surface area contributed by atoms with Crippen molar-refractivity contribution in [1.29, 1.82) is 5.26 Å². The van der Waals surface area contributed by atoms with Crippen molar-refractivity contribution in [2.45, 2.75) is 12.1 Å². The van der Waals surface area contributed by atoms with E-state index in [4.69, 9.17) is 21.3 Å². The molecule has 3 rings (SSSR count). The van der Waals surface area contributed by atoms with Crippen LogP contribution in [0.2, 0.25) is 5.02 Å². The predicted octanol–water partition coefficient (Wildman–Crippen LogP) is 4.30. The van der Waals surface area contributed by atoms with Gasteiger partial charge in [0.2, 0.25) is 11.8 Å². The first-order valence-electron chi connectivity index (χ1n) is 7.58. The molecule has 0 bridgehead atoms. The summed E-state index contributed by atoms with van der Waals surface area (Å²) in [6, 6.07) is 14.4. The van der Waals surface area contributed by atoms with E-state index >= 15 is 0 Å². The van der Waals surface area contributed by atoms with Crippen molar-refractivity contribution in [3.05, 3.63) is 58.6 Å². The third-order valence-corrected chi connectivity index (χ3v) is 4.54. The first kappa shape index (κ1) is 18.0. The lowest BCUT2D eigenvalue weighted by Crippen LogP contribution is -2.15. The Bertz CT molecular complexity index is 997. The molecule has 130 valence electrons. The van der Waals surface area contributed by atoms with Gasteiger partial charge in [0.15, 0.2) is 0 Å². The lowest BCUT2D eigenvalue weighted by molar-refractivity contribution is -0.113. The van der Waals surface area contributed by atoms with Gasteiger partial charge in [-0.05, 0) is 36.8 Å². The smallest absolute Gasteiger partial charge is 0.277 e. The normalized spacial score (nSPS) is 10.3. The van der Waals surface area contributed by atoms with Crippen LogP contribution in [-0.4, -0.2) is 21.9 Å². The fraction of sp³-hybridized carbons (Fsp3) is 0.111. The molecule has 0 aliphatic rings. The number of benzene rings is 2. The number of hydrogen-bond donors (Lipinski definition) is 1. The van der Waals surface area contributed by atoms with Gasteiger partial charge in [0.25, 0.3) is 5.22 Å². The molecule has 2 aromatic carbocycles. The number of carbonyl (C=O) groups excluding carboxylic acids is 1. The molecular weight excluding hydrogens is 372 g/mol. The number of nitriles is 1. The summed E-state index contributed by atoms with van der Waals surface area (Å²) in [5.41, 5.74) is 2.59. The summed E-state index contributed by atoms with van der Waals surface area (Å²) in [5, 5.41) is 20.4. The zero-order chi connectivity index (χ0) is 18.5. The summed E-state index contributed by atoms with van der Waals surface area (Å²) < 4.78 is 5.60. The second kappa shape index (κ2) is 8.04. The van der Waals surface area contributed by atoms with E-state index in [1.54, 1.807) is 12.1 Å². The number of aromatic nitrogens is 2. The first-order chi connectivity index (χ1) is 12.6. The van der Waals surface area contributed by atoms with E-state index in [2.05, 4.69) is 15.5 Å². The second-order valence-electron chi connectivity index (χ2n) is 5.33. The third kappa shape index (κ3) is 4.23. The largest absolute Gasteiger partial charge is 0.411 e. The molecule has 0 saturated carbocycles. The minimum absolute atomic E-state index is 0.0623. The number of halogens is 1. The van der Waals surface area contributed by atoms with Gasteiger partial charge in [-0.25, -0.2) is 0 Å². The number of thioether (sulfide) groups is 1. The highest BCUT2D eigenvalue weighted by Gasteiger charge is 2.13. The molecule has 6 nitrogen and oxygen atoms in total. The van der Waals surface area contributed by atoms with E-state index in [-0.39, 0.29) is 11.7 Å². The number of hydrogen-bond acceptors (Lipinski definition) is 6. The van der Waals surface area contributed by atoms with Crippen LogP contribution in [-0.2, 0) is 4.79 Å². The molecule has 1 heterocycles. The van der Waals surface area contributed by atoms with Crippen LogP contribution in [0.25, 0.3) is 11.5 Å². The number of anilines is 1. The summed E-state index contributed by atoms with van der Waals surface area (Å²) >= 11 is 7.02. The van der Waals surface area contributed by atoms with Crippen molar-refractivity contribution in [2.75, 3.05) is 11.1 Å². The minimum atomic E-state index is -0.301. The molecule has 0 saturated heterocycles. The Labute approximate surface area is 159 Å². The Morgan fingerprint density at radius 2 is 2.12 bits per heavy atom. The molecule has 0 fully saturated rings. The summed E-state index contributed by atoms with van der Waals surface area (Å²) in [5.74, 6) is 0.171. The van der Waals surface area contributed by atoms with Gasteiger partial charge in [-0.3, -0.25) is 4.79 Å². The highest BCUT2D eigenvalue weighted by molar-refractivity contribution is 7.99. The lowest BCUT2D eigenvalue weighted by atomic mass is 10.1. The molecule has 0 atom stereocenters. The van der Waals surface area contributed by atoms with Gasteiger partial charge >= 0.3 is 0 Å². The van der Waals surface area contributed by atoms with Crippen molar-refractivity contribution in [3.8, 4) is 17.5 Å². The molecule has 0 unspecified atom stereocenters. The summed E-state index contributed by atoms with van der Waals surface area (Å²) in [6.45, 7) is 1.96. The summed E-state index contributed by atoms with van der Waals surface area (Å²) in [6.07, 6.45) is 0. The Morgan fingerprint density at radius 3 is 2.88 bits per heavy atom. The maximum Gasteiger partial charge on any atom is 0.277 e. The molecule has 8 heteroatoms. The molecule has 1 N–H and O–H groups in total. The van der Waals surface area contributed by atoms with Crippen LogP contribution in [0.15, 0.2) is 52.1 Å². The Hall–Kier alpha value is -2.82. The number of aryl methyl sites for hydroxylation is 1. The maximum atomic E-state index is 12.1. The minimum Gasteiger partial charge on any atom is -0.411 e. The molecule has 26 heavy (non-hydrogen) atoms. The molecule has 1 aromatic heterocycles. The Kier molecular flexibility index (Phi) is 5.56. The van der Waals surface area contributed by atoms with E-state index < -0.39 is 0 Å². The maximum absolute atomic E-state index is 12.1. The molecule has 0 radical (unpaired) electrons. The first-order valence-corrected chi connectivity index (χ1v) is 8.95. The van der Waals surface area contributed by atoms with Gasteiger partial charge in [-0.1, -0.05) is 41.6 Å². The quantitative estimate of drug-likeness (QED) is 0.659. The van der Waals surface area contributed by atoms with Crippen molar-refractivity contribution in [1.82, 2.24) is 10.2 Å². The van der Waals surface area contributed by atoms with Crippen molar-refractivity contribution in [3.63, 3.8) is 0 Å². The number of amides is 1. The zero-order valence-corrected chi connectivity index (χ0v) is 15.3.